The van der Waals surface area contributed by atoms with Crippen LogP contribution in [0.2, 0.25) is 0 Å². The first-order chi connectivity index (χ1) is 25.8. The Labute approximate surface area is 303 Å². The summed E-state index contributed by atoms with van der Waals surface area (Å²) < 4.78 is 13.7. The van der Waals surface area contributed by atoms with Gasteiger partial charge in [0.1, 0.15) is 11.1 Å². The van der Waals surface area contributed by atoms with Gasteiger partial charge in [-0.05, 0) is 42.5 Å². The predicted molar refractivity (Wildman–Crippen MR) is 218 cm³/mol. The number of para-hydroxylation sites is 2. The Morgan fingerprint density at radius 3 is 1.63 bits per heavy atom. The van der Waals surface area contributed by atoms with Crippen LogP contribution in [0.5, 0.6) is 0 Å². The Kier molecular flexibility index (Phi) is 5.75. The number of hydrogen-bond donors (Lipinski definition) is 0. The topological polar surface area (TPSA) is 56.7 Å². The minimum absolute atomic E-state index is 0.551. The van der Waals surface area contributed by atoms with Crippen LogP contribution in [0.4, 0.5) is 0 Å². The van der Waals surface area contributed by atoms with Gasteiger partial charge in [-0.2, -0.15) is 9.97 Å². The number of furan rings is 1. The van der Waals surface area contributed by atoms with Gasteiger partial charge in [0.25, 0.3) is 0 Å². The highest BCUT2D eigenvalue weighted by molar-refractivity contribution is 7.26. The highest BCUT2D eigenvalue weighted by Gasteiger charge is 2.23. The van der Waals surface area contributed by atoms with Crippen LogP contribution >= 0.6 is 22.7 Å². The van der Waals surface area contributed by atoms with Crippen LogP contribution in [0, 0.1) is 0 Å². The summed E-state index contributed by atoms with van der Waals surface area (Å²) >= 11 is 3.57. The quantitative estimate of drug-likeness (QED) is 0.184. The highest BCUT2D eigenvalue weighted by Crippen LogP contribution is 2.43. The molecule has 0 spiro atoms. The third kappa shape index (κ3) is 3.89. The van der Waals surface area contributed by atoms with E-state index in [4.69, 9.17) is 19.4 Å². The molecule has 0 radical (unpaired) electrons. The molecule has 7 aromatic carbocycles. The number of aromatic nitrogens is 4. The summed E-state index contributed by atoms with van der Waals surface area (Å²) in [5.74, 6) is 1.83. The van der Waals surface area contributed by atoms with E-state index in [-0.39, 0.29) is 0 Å². The van der Waals surface area contributed by atoms with E-state index in [2.05, 4.69) is 138 Å². The fourth-order valence-electron chi connectivity index (χ4n) is 7.99. The first-order valence-corrected chi connectivity index (χ1v) is 18.8. The summed E-state index contributed by atoms with van der Waals surface area (Å²) in [6, 6.07) is 51.2. The van der Waals surface area contributed by atoms with E-state index >= 15 is 0 Å². The molecule has 0 aliphatic rings. The first kappa shape index (κ1) is 28.3. The zero-order chi connectivity index (χ0) is 33.9. The highest BCUT2D eigenvalue weighted by atomic mass is 32.1. The zero-order valence-corrected chi connectivity index (χ0v) is 29.0. The van der Waals surface area contributed by atoms with Crippen molar-refractivity contribution in [2.45, 2.75) is 0 Å². The zero-order valence-electron chi connectivity index (χ0n) is 27.4. The lowest BCUT2D eigenvalue weighted by Gasteiger charge is -2.12. The fourth-order valence-corrected chi connectivity index (χ4v) is 10.4. The van der Waals surface area contributed by atoms with Crippen molar-refractivity contribution in [3.8, 4) is 28.7 Å². The van der Waals surface area contributed by atoms with Crippen molar-refractivity contribution in [1.82, 2.24) is 19.5 Å². The Bertz CT molecular complexity index is 3310. The Hall–Kier alpha value is -6.41. The summed E-state index contributed by atoms with van der Waals surface area (Å²) in [6.45, 7) is 0. The molecule has 5 nitrogen and oxygen atoms in total. The van der Waals surface area contributed by atoms with E-state index in [1.807, 2.05) is 12.1 Å². The van der Waals surface area contributed by atoms with Gasteiger partial charge in [-0.1, -0.05) is 103 Å². The third-order valence-electron chi connectivity index (χ3n) is 10.3. The van der Waals surface area contributed by atoms with Crippen LogP contribution in [-0.2, 0) is 0 Å². The average molecular weight is 701 g/mol. The Morgan fingerprint density at radius 2 is 0.962 bits per heavy atom. The standard InChI is InChI=1S/C45H24N4OS2/c1-5-19-35-25(11-1)29-23-24-30-26-12-2-6-20-36(26)50-40(30)39(29)49(35)45-47-43(33-17-9-15-31-27-13-3-7-21-37(27)51-41(31)33)46-44(48-45)34-18-10-16-32-28-14-4-8-22-38(28)52-42(32)34/h1-24H. The van der Waals surface area contributed by atoms with Gasteiger partial charge in [-0.25, -0.2) is 4.98 Å². The molecule has 0 atom stereocenters. The van der Waals surface area contributed by atoms with Crippen molar-refractivity contribution < 1.29 is 4.42 Å². The van der Waals surface area contributed by atoms with Crippen molar-refractivity contribution >= 4 is 107 Å². The van der Waals surface area contributed by atoms with E-state index in [0.29, 0.717) is 17.6 Å². The minimum Gasteiger partial charge on any atom is -0.454 e. The molecule has 0 N–H and O–H groups in total. The van der Waals surface area contributed by atoms with E-state index in [0.717, 1.165) is 64.3 Å². The van der Waals surface area contributed by atoms with Crippen LogP contribution in [0.1, 0.15) is 0 Å². The second kappa shape index (κ2) is 10.6. The summed E-state index contributed by atoms with van der Waals surface area (Å²) in [5, 5.41) is 9.23. The molecule has 0 amide bonds. The molecule has 0 saturated carbocycles. The predicted octanol–water partition coefficient (Wildman–Crippen LogP) is 12.9. The number of rotatable bonds is 3. The molecule has 5 aromatic heterocycles. The second-order valence-electron chi connectivity index (χ2n) is 13.1. The molecule has 0 aliphatic heterocycles. The summed E-state index contributed by atoms with van der Waals surface area (Å²) in [5.41, 5.74) is 5.60. The maximum Gasteiger partial charge on any atom is 0.238 e. The Morgan fingerprint density at radius 1 is 0.423 bits per heavy atom. The number of nitrogens with zero attached hydrogens (tertiary/aromatic N) is 4. The molecule has 0 fully saturated rings. The van der Waals surface area contributed by atoms with E-state index in [1.54, 1.807) is 22.7 Å². The van der Waals surface area contributed by atoms with Crippen molar-refractivity contribution in [3.63, 3.8) is 0 Å². The lowest BCUT2D eigenvalue weighted by Crippen LogP contribution is -2.06. The summed E-state index contributed by atoms with van der Waals surface area (Å²) in [7, 11) is 0. The molecule has 242 valence electrons. The molecule has 0 saturated heterocycles. The third-order valence-corrected chi connectivity index (χ3v) is 12.7. The molecular weight excluding hydrogens is 677 g/mol. The first-order valence-electron chi connectivity index (χ1n) is 17.2. The van der Waals surface area contributed by atoms with Gasteiger partial charge in [0.15, 0.2) is 17.2 Å². The monoisotopic (exact) mass is 700 g/mol. The number of hydrogen-bond acceptors (Lipinski definition) is 6. The normalized spacial score (nSPS) is 12.2. The second-order valence-corrected chi connectivity index (χ2v) is 15.2. The maximum absolute atomic E-state index is 6.68. The van der Waals surface area contributed by atoms with Crippen LogP contribution in [-0.4, -0.2) is 19.5 Å². The smallest absolute Gasteiger partial charge is 0.238 e. The largest absolute Gasteiger partial charge is 0.454 e. The fraction of sp³-hybridized carbons (Fsp3) is 0. The molecule has 0 unspecified atom stereocenters. The van der Waals surface area contributed by atoms with Gasteiger partial charge in [0.2, 0.25) is 5.95 Å². The molecular formula is C45H24N4OS2. The van der Waals surface area contributed by atoms with Crippen LogP contribution < -0.4 is 0 Å². The molecule has 52 heavy (non-hydrogen) atoms. The van der Waals surface area contributed by atoms with Gasteiger partial charge < -0.3 is 4.42 Å². The summed E-state index contributed by atoms with van der Waals surface area (Å²) in [4.78, 5) is 16.1. The van der Waals surface area contributed by atoms with Crippen molar-refractivity contribution in [3.05, 3.63) is 146 Å². The molecule has 12 aromatic rings. The van der Waals surface area contributed by atoms with Gasteiger partial charge in [-0.15, -0.1) is 22.7 Å². The van der Waals surface area contributed by atoms with Crippen LogP contribution in [0.15, 0.2) is 150 Å². The van der Waals surface area contributed by atoms with Crippen molar-refractivity contribution in [1.29, 1.82) is 0 Å². The SMILES string of the molecule is c1ccc2c(c1)oc1c2ccc2c3ccccc3n(-c3nc(-c4cccc5c4sc4ccccc45)nc(-c4cccc5c4sc4ccccc45)n3)c21. The van der Waals surface area contributed by atoms with E-state index < -0.39 is 0 Å². The van der Waals surface area contributed by atoms with Crippen molar-refractivity contribution in [2.24, 2.45) is 0 Å². The van der Waals surface area contributed by atoms with Gasteiger partial charge in [-0.3, -0.25) is 4.57 Å². The van der Waals surface area contributed by atoms with Crippen LogP contribution in [0.3, 0.4) is 0 Å². The van der Waals surface area contributed by atoms with E-state index in [9.17, 15) is 0 Å². The molecule has 0 bridgehead atoms. The van der Waals surface area contributed by atoms with Crippen LogP contribution in [0.25, 0.3) is 113 Å². The van der Waals surface area contributed by atoms with Crippen molar-refractivity contribution in [2.75, 3.05) is 0 Å². The van der Waals surface area contributed by atoms with Gasteiger partial charge in [0, 0.05) is 73.0 Å². The van der Waals surface area contributed by atoms with E-state index in [1.165, 1.54) is 30.9 Å². The molecule has 5 heterocycles. The number of benzene rings is 7. The molecule has 0 aliphatic carbocycles. The lowest BCUT2D eigenvalue weighted by molar-refractivity contribution is 0.670. The minimum atomic E-state index is 0.551. The maximum atomic E-state index is 6.68. The number of fused-ring (bicyclic) bond motifs is 13. The Balaban J connectivity index is 1.23. The molecule has 12 rings (SSSR count). The lowest BCUT2D eigenvalue weighted by atomic mass is 10.1. The average Bonchev–Trinajstić information content (AvgIpc) is 3.96. The molecule has 7 heteroatoms. The number of thiophene rings is 2. The van der Waals surface area contributed by atoms with Gasteiger partial charge in [0.05, 0.1) is 5.52 Å². The van der Waals surface area contributed by atoms with Gasteiger partial charge >= 0.3 is 0 Å². The summed E-state index contributed by atoms with van der Waals surface area (Å²) in [6.07, 6.45) is 0.